The van der Waals surface area contributed by atoms with E-state index in [0.29, 0.717) is 35.3 Å². The number of carbonyl (C=O) groups is 3. The molecule has 174 valence electrons. The number of carbonyl (C=O) groups excluding carboxylic acids is 3. The van der Waals surface area contributed by atoms with Crippen LogP contribution in [0.3, 0.4) is 0 Å². The Balaban J connectivity index is 1.45. The van der Waals surface area contributed by atoms with E-state index in [1.807, 2.05) is 0 Å². The number of nitriles is 1. The van der Waals surface area contributed by atoms with E-state index in [1.165, 1.54) is 12.1 Å². The van der Waals surface area contributed by atoms with Crippen LogP contribution in [0.4, 0.5) is 4.39 Å². The zero-order chi connectivity index (χ0) is 23.5. The second-order valence-electron chi connectivity index (χ2n) is 8.76. The molecule has 3 amide bonds. The highest BCUT2D eigenvalue weighted by Crippen LogP contribution is 2.34. The highest BCUT2D eigenvalue weighted by atomic mass is 79.9. The van der Waals surface area contributed by atoms with Crippen molar-refractivity contribution in [3.05, 3.63) is 34.2 Å². The summed E-state index contributed by atoms with van der Waals surface area (Å²) in [5, 5.41) is 18.0. The number of piperidine rings is 1. The van der Waals surface area contributed by atoms with Gasteiger partial charge in [0.05, 0.1) is 11.6 Å². The van der Waals surface area contributed by atoms with E-state index in [4.69, 9.17) is 0 Å². The number of nitrogens with zero attached hydrogens (tertiary/aromatic N) is 1. The summed E-state index contributed by atoms with van der Waals surface area (Å²) in [7, 11) is 0. The molecule has 8 nitrogen and oxygen atoms in total. The third-order valence-corrected chi connectivity index (χ3v) is 6.87. The monoisotopic (exact) mass is 517 g/mol. The van der Waals surface area contributed by atoms with E-state index in [2.05, 4.69) is 42.9 Å². The molecule has 1 saturated carbocycles. The van der Waals surface area contributed by atoms with E-state index in [1.54, 1.807) is 6.07 Å². The Bertz CT molecular complexity index is 1080. The van der Waals surface area contributed by atoms with Crippen LogP contribution in [-0.4, -0.2) is 41.3 Å². The van der Waals surface area contributed by atoms with Crippen LogP contribution in [0.1, 0.15) is 49.0 Å². The summed E-state index contributed by atoms with van der Waals surface area (Å²) in [5.74, 6) is -1.53. The van der Waals surface area contributed by atoms with Crippen LogP contribution < -0.4 is 16.0 Å². The van der Waals surface area contributed by atoms with Crippen LogP contribution >= 0.6 is 15.9 Å². The van der Waals surface area contributed by atoms with Gasteiger partial charge in [-0.3, -0.25) is 14.4 Å². The molecular formula is C23H25BrFN5O3. The van der Waals surface area contributed by atoms with Gasteiger partial charge in [0.25, 0.3) is 5.91 Å². The van der Waals surface area contributed by atoms with Gasteiger partial charge in [0, 0.05) is 22.3 Å². The standard InChI is InChI=1S/C23H25BrFN5O3/c24-16-5-6-17(25)15-10-19(29-20(15)16)23(33)30-18(8-12-3-4-12)22(32)28-14(11-26)9-13-2-1-7-27-21(13)31/h5-6,10,12-14,18,29H,1-4,7-9H2,(H,27,31)(H,28,32)(H,30,33)/t13?,14-,18?/m0/s1. The molecule has 3 atom stereocenters. The quantitative estimate of drug-likeness (QED) is 0.429. The van der Waals surface area contributed by atoms with Crippen LogP contribution in [0.15, 0.2) is 22.7 Å². The van der Waals surface area contributed by atoms with Gasteiger partial charge < -0.3 is 20.9 Å². The number of rotatable bonds is 8. The van der Waals surface area contributed by atoms with Crippen LogP contribution in [0.2, 0.25) is 0 Å². The summed E-state index contributed by atoms with van der Waals surface area (Å²) in [6, 6.07) is 4.67. The molecule has 4 N–H and O–H groups in total. The smallest absolute Gasteiger partial charge is 0.268 e. The lowest BCUT2D eigenvalue weighted by Gasteiger charge is -2.25. The molecule has 2 fully saturated rings. The van der Waals surface area contributed by atoms with Gasteiger partial charge in [-0.1, -0.05) is 12.8 Å². The second-order valence-corrected chi connectivity index (χ2v) is 9.62. The van der Waals surface area contributed by atoms with Crippen molar-refractivity contribution in [2.75, 3.05) is 6.54 Å². The van der Waals surface area contributed by atoms with Crippen molar-refractivity contribution in [3.8, 4) is 6.07 Å². The molecule has 10 heteroatoms. The largest absolute Gasteiger partial charge is 0.356 e. The van der Waals surface area contributed by atoms with E-state index >= 15 is 0 Å². The Morgan fingerprint density at radius 3 is 2.70 bits per heavy atom. The Morgan fingerprint density at radius 2 is 2.03 bits per heavy atom. The van der Waals surface area contributed by atoms with Gasteiger partial charge in [0.2, 0.25) is 11.8 Å². The van der Waals surface area contributed by atoms with Crippen molar-refractivity contribution < 1.29 is 18.8 Å². The van der Waals surface area contributed by atoms with E-state index in [0.717, 1.165) is 19.3 Å². The molecule has 1 saturated heterocycles. The first-order valence-electron chi connectivity index (χ1n) is 11.1. The molecule has 1 aromatic carbocycles. The number of nitrogens with one attached hydrogen (secondary N) is 4. The molecule has 1 aliphatic heterocycles. The maximum absolute atomic E-state index is 14.1. The minimum absolute atomic E-state index is 0.101. The van der Waals surface area contributed by atoms with E-state index in [-0.39, 0.29) is 29.3 Å². The van der Waals surface area contributed by atoms with Gasteiger partial charge >= 0.3 is 0 Å². The fraction of sp³-hybridized carbons (Fsp3) is 0.478. The number of amides is 3. The third-order valence-electron chi connectivity index (χ3n) is 6.21. The number of halogens is 2. The Morgan fingerprint density at radius 1 is 1.24 bits per heavy atom. The number of H-pyrrole nitrogens is 1. The zero-order valence-electron chi connectivity index (χ0n) is 17.9. The zero-order valence-corrected chi connectivity index (χ0v) is 19.5. The molecule has 0 bridgehead atoms. The fourth-order valence-corrected chi connectivity index (χ4v) is 4.63. The molecule has 0 radical (unpaired) electrons. The number of fused-ring (bicyclic) bond motifs is 1. The number of hydrogen-bond donors (Lipinski definition) is 4. The highest BCUT2D eigenvalue weighted by molar-refractivity contribution is 9.10. The van der Waals surface area contributed by atoms with Gasteiger partial charge in [0.1, 0.15) is 23.6 Å². The van der Waals surface area contributed by atoms with Gasteiger partial charge in [-0.25, -0.2) is 4.39 Å². The van der Waals surface area contributed by atoms with Crippen molar-refractivity contribution in [2.24, 2.45) is 11.8 Å². The van der Waals surface area contributed by atoms with Crippen LogP contribution in [0.5, 0.6) is 0 Å². The van der Waals surface area contributed by atoms with Crippen molar-refractivity contribution in [2.45, 2.75) is 50.6 Å². The van der Waals surface area contributed by atoms with Crippen LogP contribution in [0, 0.1) is 29.0 Å². The lowest BCUT2D eigenvalue weighted by molar-refractivity contribution is -0.128. The molecule has 2 unspecified atom stereocenters. The molecule has 2 aliphatic rings. The predicted octanol–water partition coefficient (Wildman–Crippen LogP) is 2.89. The van der Waals surface area contributed by atoms with Crippen molar-refractivity contribution in [1.82, 2.24) is 20.9 Å². The number of hydrogen-bond acceptors (Lipinski definition) is 4. The first-order chi connectivity index (χ1) is 15.9. The number of aromatic amines is 1. The lowest BCUT2D eigenvalue weighted by atomic mass is 9.92. The van der Waals surface area contributed by atoms with Crippen molar-refractivity contribution >= 4 is 44.6 Å². The van der Waals surface area contributed by atoms with E-state index in [9.17, 15) is 24.0 Å². The summed E-state index contributed by atoms with van der Waals surface area (Å²) in [5.41, 5.74) is 0.596. The highest BCUT2D eigenvalue weighted by Gasteiger charge is 2.33. The van der Waals surface area contributed by atoms with Gasteiger partial charge in [-0.15, -0.1) is 0 Å². The van der Waals surface area contributed by atoms with Crippen LogP contribution in [-0.2, 0) is 9.59 Å². The molecule has 2 heterocycles. The Kier molecular flexibility index (Phi) is 6.98. The molecule has 0 spiro atoms. The average molecular weight is 518 g/mol. The maximum atomic E-state index is 14.1. The first kappa shape index (κ1) is 23.2. The summed E-state index contributed by atoms with van der Waals surface area (Å²) in [4.78, 5) is 40.8. The minimum atomic E-state index is -0.833. The summed E-state index contributed by atoms with van der Waals surface area (Å²) in [6.07, 6.45) is 4.16. The van der Waals surface area contributed by atoms with Crippen molar-refractivity contribution in [3.63, 3.8) is 0 Å². The number of aromatic nitrogens is 1. The SMILES string of the molecule is N#C[C@H](CC1CCCNC1=O)NC(=O)C(CC1CC1)NC(=O)c1cc2c(F)ccc(Br)c2[nH]1. The number of benzene rings is 1. The molecule has 2 aromatic rings. The normalized spacial score (nSPS) is 19.9. The minimum Gasteiger partial charge on any atom is -0.356 e. The first-order valence-corrected chi connectivity index (χ1v) is 11.9. The second kappa shape index (κ2) is 9.91. The van der Waals surface area contributed by atoms with Gasteiger partial charge in [-0.2, -0.15) is 5.26 Å². The predicted molar refractivity (Wildman–Crippen MR) is 122 cm³/mol. The molecule has 1 aliphatic carbocycles. The topological polar surface area (TPSA) is 127 Å². The molecule has 33 heavy (non-hydrogen) atoms. The van der Waals surface area contributed by atoms with E-state index < -0.39 is 29.7 Å². The third kappa shape index (κ3) is 5.53. The summed E-state index contributed by atoms with van der Waals surface area (Å²) >= 11 is 3.34. The summed E-state index contributed by atoms with van der Waals surface area (Å²) in [6.45, 7) is 0.628. The summed E-state index contributed by atoms with van der Waals surface area (Å²) < 4.78 is 14.7. The average Bonchev–Trinajstić information content (AvgIpc) is 3.49. The van der Waals surface area contributed by atoms with Gasteiger partial charge in [0.15, 0.2) is 0 Å². The van der Waals surface area contributed by atoms with Crippen LogP contribution in [0.25, 0.3) is 10.9 Å². The molecular weight excluding hydrogens is 493 g/mol. The molecule has 4 rings (SSSR count). The maximum Gasteiger partial charge on any atom is 0.268 e. The molecule has 1 aromatic heterocycles. The van der Waals surface area contributed by atoms with Gasteiger partial charge in [-0.05, 0) is 65.7 Å². The van der Waals surface area contributed by atoms with Crippen molar-refractivity contribution in [1.29, 1.82) is 5.26 Å². The fourth-order valence-electron chi connectivity index (χ4n) is 4.19. The lowest BCUT2D eigenvalue weighted by Crippen LogP contribution is -2.50. The Labute approximate surface area is 198 Å². The Hall–Kier alpha value is -2.93.